The highest BCUT2D eigenvalue weighted by Gasteiger charge is 2.53. The molecule has 1 fully saturated rings. The first-order valence-corrected chi connectivity index (χ1v) is 7.99. The lowest BCUT2D eigenvalue weighted by molar-refractivity contribution is -0.300. The summed E-state index contributed by atoms with van der Waals surface area (Å²) in [7, 11) is 0. The van der Waals surface area contributed by atoms with Crippen LogP contribution in [0, 0.1) is 0 Å². The van der Waals surface area contributed by atoms with Gasteiger partial charge in [0.2, 0.25) is 12.4 Å². The molecule has 0 aromatic carbocycles. The summed E-state index contributed by atoms with van der Waals surface area (Å²) in [6, 6.07) is 0. The Hall–Kier alpha value is -2.69. The van der Waals surface area contributed by atoms with E-state index in [0.717, 1.165) is 34.6 Å². The lowest BCUT2D eigenvalue weighted by Crippen LogP contribution is -2.63. The van der Waals surface area contributed by atoms with Gasteiger partial charge in [0.15, 0.2) is 12.2 Å². The molecule has 1 aliphatic heterocycles. The topological polar surface area (TPSA) is 141 Å². The van der Waals surface area contributed by atoms with E-state index in [1.54, 1.807) is 0 Å². The number of hydrogen-bond donors (Lipinski definition) is 0. The number of hydrogen-bond acceptors (Lipinski definition) is 11. The van der Waals surface area contributed by atoms with Gasteiger partial charge in [-0.1, -0.05) is 0 Å². The summed E-state index contributed by atoms with van der Waals surface area (Å²) >= 11 is 0. The largest absolute Gasteiger partial charge is 0.463 e. The van der Waals surface area contributed by atoms with Crippen molar-refractivity contribution in [2.24, 2.45) is 0 Å². The number of rotatable bonds is 6. The van der Waals surface area contributed by atoms with E-state index in [9.17, 15) is 24.0 Å². The third kappa shape index (κ3) is 7.21. The summed E-state index contributed by atoms with van der Waals surface area (Å²) < 4.78 is 30.8. The first-order valence-electron chi connectivity index (χ1n) is 7.99. The molecule has 27 heavy (non-hydrogen) atoms. The maximum absolute atomic E-state index is 11.5. The molecule has 0 amide bonds. The lowest BCUT2D eigenvalue weighted by Gasteiger charge is -2.43. The van der Waals surface area contributed by atoms with Crippen molar-refractivity contribution in [2.45, 2.75) is 65.3 Å². The second-order valence-electron chi connectivity index (χ2n) is 5.68. The van der Waals surface area contributed by atoms with Crippen LogP contribution in [0.3, 0.4) is 0 Å². The van der Waals surface area contributed by atoms with Gasteiger partial charge in [-0.15, -0.1) is 0 Å². The van der Waals surface area contributed by atoms with Crippen molar-refractivity contribution in [3.63, 3.8) is 0 Å². The first kappa shape index (κ1) is 22.4. The molecular formula is C16H22O11. The van der Waals surface area contributed by atoms with Crippen LogP contribution in [0.1, 0.15) is 34.6 Å². The molecule has 1 rings (SSSR count). The fraction of sp³-hybridized carbons (Fsp3) is 0.688. The zero-order valence-electron chi connectivity index (χ0n) is 15.6. The van der Waals surface area contributed by atoms with Crippen LogP contribution in [-0.4, -0.2) is 67.2 Å². The maximum Gasteiger partial charge on any atom is 0.305 e. The van der Waals surface area contributed by atoms with Crippen LogP contribution in [0.4, 0.5) is 0 Å². The quantitative estimate of drug-likeness (QED) is 0.433. The van der Waals surface area contributed by atoms with Gasteiger partial charge < -0.3 is 28.4 Å². The van der Waals surface area contributed by atoms with Crippen LogP contribution in [0.2, 0.25) is 0 Å². The lowest BCUT2D eigenvalue weighted by atomic mass is 9.98. The minimum atomic E-state index is -1.48. The summed E-state index contributed by atoms with van der Waals surface area (Å²) in [4.78, 5) is 57.0. The van der Waals surface area contributed by atoms with Crippen molar-refractivity contribution in [2.75, 3.05) is 6.61 Å². The third-order valence-electron chi connectivity index (χ3n) is 3.23. The molecule has 0 saturated carbocycles. The standard InChI is InChI=1S/C16H22O11/c1-7(17)22-6-12-13(23-8(2)18)14(24-9(3)19)15(25-10(4)20)16(27-12)26-11(5)21/h12-16H,6H2,1-5H3/t12-,13-,14-,15-,16?/m0/s1. The van der Waals surface area contributed by atoms with Crippen molar-refractivity contribution >= 4 is 29.8 Å². The summed E-state index contributed by atoms with van der Waals surface area (Å²) in [5.41, 5.74) is 0. The zero-order chi connectivity index (χ0) is 20.7. The Morgan fingerprint density at radius 1 is 0.630 bits per heavy atom. The van der Waals surface area contributed by atoms with E-state index in [0.29, 0.717) is 0 Å². The molecule has 0 aromatic heterocycles. The van der Waals surface area contributed by atoms with Gasteiger partial charge >= 0.3 is 29.8 Å². The molecule has 1 unspecified atom stereocenters. The van der Waals surface area contributed by atoms with Gasteiger partial charge in [0.1, 0.15) is 12.7 Å². The molecule has 0 aliphatic carbocycles. The number of esters is 5. The number of ether oxygens (including phenoxy) is 6. The van der Waals surface area contributed by atoms with Crippen LogP contribution < -0.4 is 0 Å². The van der Waals surface area contributed by atoms with Gasteiger partial charge in [0.05, 0.1) is 0 Å². The van der Waals surface area contributed by atoms with Gasteiger partial charge in [-0.25, -0.2) is 0 Å². The van der Waals surface area contributed by atoms with E-state index in [1.807, 2.05) is 0 Å². The normalized spacial score (nSPS) is 27.1. The average Bonchev–Trinajstić information content (AvgIpc) is 2.49. The van der Waals surface area contributed by atoms with E-state index in [-0.39, 0.29) is 0 Å². The molecule has 0 N–H and O–H groups in total. The highest BCUT2D eigenvalue weighted by molar-refractivity contribution is 5.69. The number of carbonyl (C=O) groups is 5. The highest BCUT2D eigenvalue weighted by atomic mass is 16.7. The molecule has 1 saturated heterocycles. The Morgan fingerprint density at radius 3 is 1.52 bits per heavy atom. The molecular weight excluding hydrogens is 368 g/mol. The summed E-state index contributed by atoms with van der Waals surface area (Å²) in [6.07, 6.45) is -6.70. The van der Waals surface area contributed by atoms with Crippen molar-refractivity contribution in [3.05, 3.63) is 0 Å². The minimum absolute atomic E-state index is 0.393. The van der Waals surface area contributed by atoms with Gasteiger partial charge in [-0.3, -0.25) is 24.0 Å². The van der Waals surface area contributed by atoms with Crippen LogP contribution in [0.25, 0.3) is 0 Å². The van der Waals surface area contributed by atoms with Gasteiger partial charge in [-0.2, -0.15) is 0 Å². The molecule has 152 valence electrons. The molecule has 1 heterocycles. The third-order valence-corrected chi connectivity index (χ3v) is 3.23. The predicted octanol–water partition coefficient (Wildman–Crippen LogP) is -0.367. The first-order chi connectivity index (χ1) is 12.5. The fourth-order valence-corrected chi connectivity index (χ4v) is 2.45. The van der Waals surface area contributed by atoms with E-state index < -0.39 is 67.2 Å². The second kappa shape index (κ2) is 9.86. The van der Waals surface area contributed by atoms with Crippen molar-refractivity contribution in [3.8, 4) is 0 Å². The molecule has 5 atom stereocenters. The van der Waals surface area contributed by atoms with Gasteiger partial charge in [-0.05, 0) is 0 Å². The molecule has 0 bridgehead atoms. The van der Waals surface area contributed by atoms with Crippen LogP contribution in [0.5, 0.6) is 0 Å². The molecule has 1 aliphatic rings. The molecule has 11 nitrogen and oxygen atoms in total. The van der Waals surface area contributed by atoms with Gasteiger partial charge in [0.25, 0.3) is 0 Å². The van der Waals surface area contributed by atoms with Crippen LogP contribution in [0.15, 0.2) is 0 Å². The molecule has 0 radical (unpaired) electrons. The fourth-order valence-electron chi connectivity index (χ4n) is 2.45. The van der Waals surface area contributed by atoms with Gasteiger partial charge in [0, 0.05) is 34.6 Å². The Labute approximate surface area is 155 Å². The summed E-state index contributed by atoms with van der Waals surface area (Å²) in [5, 5.41) is 0. The Balaban J connectivity index is 3.29. The average molecular weight is 390 g/mol. The number of carbonyl (C=O) groups excluding carboxylic acids is 5. The monoisotopic (exact) mass is 390 g/mol. The minimum Gasteiger partial charge on any atom is -0.463 e. The van der Waals surface area contributed by atoms with E-state index in [2.05, 4.69) is 0 Å². The predicted molar refractivity (Wildman–Crippen MR) is 83.7 cm³/mol. The zero-order valence-corrected chi connectivity index (χ0v) is 15.6. The second-order valence-corrected chi connectivity index (χ2v) is 5.68. The highest BCUT2D eigenvalue weighted by Crippen LogP contribution is 2.29. The van der Waals surface area contributed by atoms with E-state index in [1.165, 1.54) is 0 Å². The van der Waals surface area contributed by atoms with Crippen LogP contribution in [-0.2, 0) is 52.4 Å². The van der Waals surface area contributed by atoms with Crippen LogP contribution >= 0.6 is 0 Å². The van der Waals surface area contributed by atoms with Crippen molar-refractivity contribution in [1.29, 1.82) is 0 Å². The smallest absolute Gasteiger partial charge is 0.305 e. The SMILES string of the molecule is CC(=O)OC[C@@H]1OC(OC(C)=O)[C@@H](OC(C)=O)[C@@H](OC(C)=O)[C@H]1OC(C)=O. The molecule has 11 heteroatoms. The van der Waals surface area contributed by atoms with Crippen molar-refractivity contribution < 1.29 is 52.4 Å². The Kier molecular flexibility index (Phi) is 8.16. The molecule has 0 aromatic rings. The Bertz CT molecular complexity index is 599. The van der Waals surface area contributed by atoms with E-state index >= 15 is 0 Å². The van der Waals surface area contributed by atoms with E-state index in [4.69, 9.17) is 28.4 Å². The van der Waals surface area contributed by atoms with Crippen molar-refractivity contribution in [1.82, 2.24) is 0 Å². The molecule has 0 spiro atoms. The maximum atomic E-state index is 11.5. The summed E-state index contributed by atoms with van der Waals surface area (Å²) in [5.74, 6) is -3.71. The summed E-state index contributed by atoms with van der Waals surface area (Å²) in [6.45, 7) is 5.13. The Morgan fingerprint density at radius 2 is 1.07 bits per heavy atom.